The quantitative estimate of drug-likeness (QED) is 0.856. The van der Waals surface area contributed by atoms with E-state index in [0.717, 1.165) is 12.8 Å². The Morgan fingerprint density at radius 3 is 1.65 bits per heavy atom. The van der Waals surface area contributed by atoms with Gasteiger partial charge in [0.15, 0.2) is 0 Å². The third-order valence-electron chi connectivity index (χ3n) is 4.60. The Labute approximate surface area is 119 Å². The third-order valence-corrected chi connectivity index (χ3v) is 4.60. The largest absolute Gasteiger partial charge is 0.508 e. The van der Waals surface area contributed by atoms with Gasteiger partial charge in [-0.05, 0) is 60.6 Å². The Morgan fingerprint density at radius 2 is 1.30 bits per heavy atom. The van der Waals surface area contributed by atoms with Crippen molar-refractivity contribution in [1.29, 1.82) is 0 Å². The summed E-state index contributed by atoms with van der Waals surface area (Å²) in [6.07, 6.45) is 3.44. The van der Waals surface area contributed by atoms with E-state index in [1.165, 1.54) is 17.5 Å². The van der Waals surface area contributed by atoms with Crippen LogP contribution in [-0.2, 0) is 5.41 Å². The van der Waals surface area contributed by atoms with Gasteiger partial charge in [0.05, 0.1) is 0 Å². The van der Waals surface area contributed by atoms with Crippen LogP contribution in [0.2, 0.25) is 0 Å². The minimum atomic E-state index is 0.0147. The van der Waals surface area contributed by atoms with Crippen LogP contribution in [0.4, 0.5) is 0 Å². The first-order chi connectivity index (χ1) is 9.60. The van der Waals surface area contributed by atoms with Gasteiger partial charge in [0.2, 0.25) is 0 Å². The van der Waals surface area contributed by atoms with Gasteiger partial charge in [0.1, 0.15) is 11.5 Å². The first-order valence-electron chi connectivity index (χ1n) is 7.19. The Hall–Kier alpha value is -1.96. The van der Waals surface area contributed by atoms with Crippen molar-refractivity contribution in [2.24, 2.45) is 5.92 Å². The monoisotopic (exact) mass is 268 g/mol. The van der Waals surface area contributed by atoms with Crippen LogP contribution < -0.4 is 0 Å². The zero-order valence-corrected chi connectivity index (χ0v) is 11.7. The van der Waals surface area contributed by atoms with Crippen LogP contribution in [0, 0.1) is 5.92 Å². The van der Waals surface area contributed by atoms with E-state index in [1.807, 2.05) is 24.3 Å². The normalized spacial score (nSPS) is 20.9. The minimum Gasteiger partial charge on any atom is -0.508 e. The second-order valence-electron chi connectivity index (χ2n) is 6.02. The molecule has 0 aromatic heterocycles. The van der Waals surface area contributed by atoms with Crippen LogP contribution in [0.15, 0.2) is 48.5 Å². The molecule has 20 heavy (non-hydrogen) atoms. The summed E-state index contributed by atoms with van der Waals surface area (Å²) in [4.78, 5) is 0. The molecular weight excluding hydrogens is 248 g/mol. The van der Waals surface area contributed by atoms with Crippen molar-refractivity contribution < 1.29 is 10.2 Å². The van der Waals surface area contributed by atoms with Gasteiger partial charge in [-0.3, -0.25) is 0 Å². The van der Waals surface area contributed by atoms with Crippen molar-refractivity contribution in [3.63, 3.8) is 0 Å². The Kier molecular flexibility index (Phi) is 3.17. The van der Waals surface area contributed by atoms with Gasteiger partial charge in [-0.1, -0.05) is 31.2 Å². The zero-order chi connectivity index (χ0) is 14.2. The number of benzene rings is 2. The van der Waals surface area contributed by atoms with E-state index >= 15 is 0 Å². The summed E-state index contributed by atoms with van der Waals surface area (Å²) in [6.45, 7) is 2.29. The molecule has 2 aromatic carbocycles. The first kappa shape index (κ1) is 13.0. The lowest BCUT2D eigenvalue weighted by atomic mass is 9.72. The summed E-state index contributed by atoms with van der Waals surface area (Å²) in [5.74, 6) is 1.30. The maximum atomic E-state index is 9.51. The maximum Gasteiger partial charge on any atom is 0.115 e. The highest BCUT2D eigenvalue weighted by atomic mass is 16.3. The molecule has 0 aliphatic heterocycles. The number of hydrogen-bond acceptors (Lipinski definition) is 2. The van der Waals surface area contributed by atoms with Crippen molar-refractivity contribution >= 4 is 0 Å². The maximum absolute atomic E-state index is 9.51. The number of phenolic OH excluding ortho intramolecular Hbond substituents is 2. The van der Waals surface area contributed by atoms with E-state index in [1.54, 1.807) is 24.3 Å². The minimum absolute atomic E-state index is 0.0147. The Morgan fingerprint density at radius 1 is 0.850 bits per heavy atom. The molecule has 0 radical (unpaired) electrons. The standard InChI is InChI=1S/C18H20O2/c1-13-10-11-18(12-13,14-2-6-16(19)7-3-14)15-4-8-17(20)9-5-15/h2-9,13,19-20H,10-12H2,1H3. The average Bonchev–Trinajstić information content (AvgIpc) is 2.84. The van der Waals surface area contributed by atoms with Gasteiger partial charge in [0, 0.05) is 5.41 Å². The van der Waals surface area contributed by atoms with Gasteiger partial charge in [-0.15, -0.1) is 0 Å². The molecule has 1 aliphatic rings. The van der Waals surface area contributed by atoms with Crippen molar-refractivity contribution in [1.82, 2.24) is 0 Å². The Bertz CT molecular complexity index is 538. The second-order valence-corrected chi connectivity index (χ2v) is 6.02. The fraction of sp³-hybridized carbons (Fsp3) is 0.333. The molecule has 1 saturated carbocycles. The summed E-state index contributed by atoms with van der Waals surface area (Å²) >= 11 is 0. The molecule has 1 aliphatic carbocycles. The van der Waals surface area contributed by atoms with Crippen LogP contribution in [0.5, 0.6) is 11.5 Å². The third kappa shape index (κ3) is 2.15. The lowest BCUT2D eigenvalue weighted by molar-refractivity contribution is 0.469. The second kappa shape index (κ2) is 4.86. The van der Waals surface area contributed by atoms with E-state index in [4.69, 9.17) is 0 Å². The molecule has 2 aromatic rings. The van der Waals surface area contributed by atoms with E-state index in [9.17, 15) is 10.2 Å². The summed E-state index contributed by atoms with van der Waals surface area (Å²) in [5, 5.41) is 19.0. The van der Waals surface area contributed by atoms with Gasteiger partial charge >= 0.3 is 0 Å². The molecule has 104 valence electrons. The smallest absolute Gasteiger partial charge is 0.115 e. The summed E-state index contributed by atoms with van der Waals surface area (Å²) in [5.41, 5.74) is 2.52. The van der Waals surface area contributed by atoms with Gasteiger partial charge in [-0.2, -0.15) is 0 Å². The molecule has 1 unspecified atom stereocenters. The van der Waals surface area contributed by atoms with Gasteiger partial charge in [0.25, 0.3) is 0 Å². The van der Waals surface area contributed by atoms with Crippen LogP contribution in [0.3, 0.4) is 0 Å². The predicted octanol–water partition coefficient (Wildman–Crippen LogP) is 4.20. The highest BCUT2D eigenvalue weighted by Crippen LogP contribution is 2.49. The van der Waals surface area contributed by atoms with Crippen molar-refractivity contribution in [2.45, 2.75) is 31.6 Å². The zero-order valence-electron chi connectivity index (χ0n) is 11.7. The molecular formula is C18H20O2. The number of phenols is 2. The lowest BCUT2D eigenvalue weighted by Gasteiger charge is -2.31. The molecule has 0 spiro atoms. The summed E-state index contributed by atoms with van der Waals surface area (Å²) in [7, 11) is 0. The fourth-order valence-corrected chi connectivity index (χ4v) is 3.54. The SMILES string of the molecule is CC1CCC(c2ccc(O)cc2)(c2ccc(O)cc2)C1. The molecule has 1 fully saturated rings. The van der Waals surface area contributed by atoms with Gasteiger partial charge in [-0.25, -0.2) is 0 Å². The first-order valence-corrected chi connectivity index (χ1v) is 7.19. The molecule has 2 nitrogen and oxygen atoms in total. The fourth-order valence-electron chi connectivity index (χ4n) is 3.54. The molecule has 0 amide bonds. The lowest BCUT2D eigenvalue weighted by Crippen LogP contribution is -2.24. The number of aromatic hydroxyl groups is 2. The molecule has 2 heteroatoms. The molecule has 2 N–H and O–H groups in total. The summed E-state index contributed by atoms with van der Waals surface area (Å²) < 4.78 is 0. The average molecular weight is 268 g/mol. The van der Waals surface area contributed by atoms with Crippen molar-refractivity contribution in [2.75, 3.05) is 0 Å². The highest BCUT2D eigenvalue weighted by molar-refractivity contribution is 5.43. The molecule has 0 saturated heterocycles. The Balaban J connectivity index is 2.09. The van der Waals surface area contributed by atoms with Crippen molar-refractivity contribution in [3.05, 3.63) is 59.7 Å². The molecule has 3 rings (SSSR count). The van der Waals surface area contributed by atoms with E-state index in [2.05, 4.69) is 6.92 Å². The van der Waals surface area contributed by atoms with E-state index < -0.39 is 0 Å². The van der Waals surface area contributed by atoms with Gasteiger partial charge < -0.3 is 10.2 Å². The highest BCUT2D eigenvalue weighted by Gasteiger charge is 2.40. The van der Waals surface area contributed by atoms with E-state index in [0.29, 0.717) is 17.4 Å². The summed E-state index contributed by atoms with van der Waals surface area (Å²) in [6, 6.07) is 15.2. The van der Waals surface area contributed by atoms with E-state index in [-0.39, 0.29) is 5.41 Å². The van der Waals surface area contributed by atoms with Crippen LogP contribution >= 0.6 is 0 Å². The molecule has 0 heterocycles. The topological polar surface area (TPSA) is 40.5 Å². The molecule has 1 atom stereocenters. The van der Waals surface area contributed by atoms with Crippen LogP contribution in [-0.4, -0.2) is 10.2 Å². The molecule has 0 bridgehead atoms. The number of hydrogen-bond donors (Lipinski definition) is 2. The number of rotatable bonds is 2. The predicted molar refractivity (Wildman–Crippen MR) is 80.0 cm³/mol. The van der Waals surface area contributed by atoms with Crippen molar-refractivity contribution in [3.8, 4) is 11.5 Å². The van der Waals surface area contributed by atoms with Crippen LogP contribution in [0.25, 0.3) is 0 Å². The van der Waals surface area contributed by atoms with Crippen LogP contribution in [0.1, 0.15) is 37.3 Å².